The predicted molar refractivity (Wildman–Crippen MR) is 133 cm³/mol. The van der Waals surface area contributed by atoms with Gasteiger partial charge in [-0.15, -0.1) is 0 Å². The van der Waals surface area contributed by atoms with Crippen LogP contribution in [0.3, 0.4) is 0 Å². The van der Waals surface area contributed by atoms with Crippen LogP contribution < -0.4 is 0 Å². The molecule has 5 atom stereocenters. The van der Waals surface area contributed by atoms with Gasteiger partial charge < -0.3 is 9.47 Å². The second-order valence-electron chi connectivity index (χ2n) is 8.95. The fraction of sp³-hybridized carbons (Fsp3) is 0.917. The number of hydrogen-bond donors (Lipinski definition) is 0. The van der Waals surface area contributed by atoms with Crippen molar-refractivity contribution in [1.29, 1.82) is 0 Å². The first-order valence-corrected chi connectivity index (χ1v) is 12.9. The van der Waals surface area contributed by atoms with Crippen LogP contribution in [0.4, 0.5) is 0 Å². The Kier molecular flexibility index (Phi) is 18.1. The van der Waals surface area contributed by atoms with Crippen molar-refractivity contribution < 1.29 is 9.47 Å². The van der Waals surface area contributed by atoms with Crippen molar-refractivity contribution in [3.05, 3.63) is 31.8 Å². The highest BCUT2D eigenvalue weighted by Crippen LogP contribution is 2.29. The van der Waals surface area contributed by atoms with Gasteiger partial charge in [-0.3, -0.25) is 0 Å². The highest BCUT2D eigenvalue weighted by Gasteiger charge is 2.50. The van der Waals surface area contributed by atoms with Gasteiger partial charge in [0.15, 0.2) is 18.4 Å². The number of ether oxygens (including phenoxy) is 2. The average Bonchev–Trinajstić information content (AvgIpc) is 2.85. The Bertz CT molecular complexity index is 592. The van der Waals surface area contributed by atoms with Crippen molar-refractivity contribution in [1.82, 2.24) is 0 Å². The van der Waals surface area contributed by atoms with E-state index in [1.54, 1.807) is 0 Å². The molecule has 0 amide bonds. The molecule has 0 N–H and O–H groups in total. The lowest BCUT2D eigenvalue weighted by Crippen LogP contribution is -2.56. The van der Waals surface area contributed by atoms with Gasteiger partial charge in [-0.25, -0.2) is 0 Å². The van der Waals surface area contributed by atoms with Crippen molar-refractivity contribution >= 4 is 0 Å². The highest BCUT2D eigenvalue weighted by molar-refractivity contribution is 5.02. The van der Waals surface area contributed by atoms with E-state index in [-0.39, 0.29) is 6.54 Å². The molecule has 0 bridgehead atoms. The van der Waals surface area contributed by atoms with Crippen LogP contribution in [-0.4, -0.2) is 43.7 Å². The fourth-order valence-electron chi connectivity index (χ4n) is 4.19. The van der Waals surface area contributed by atoms with Crippen molar-refractivity contribution in [3.63, 3.8) is 0 Å². The van der Waals surface area contributed by atoms with E-state index in [0.717, 1.165) is 32.1 Å². The Morgan fingerprint density at radius 1 is 0.676 bits per heavy atom. The second-order valence-corrected chi connectivity index (χ2v) is 8.95. The van der Waals surface area contributed by atoms with Crippen LogP contribution in [0.2, 0.25) is 0 Å². The van der Waals surface area contributed by atoms with Crippen molar-refractivity contribution in [2.75, 3.05) is 13.2 Å². The van der Waals surface area contributed by atoms with E-state index in [2.05, 4.69) is 39.8 Å². The molecule has 1 saturated heterocycles. The summed E-state index contributed by atoms with van der Waals surface area (Å²) in [4.78, 5) is 44.0. The predicted octanol–water partition coefficient (Wildman–Crippen LogP) is 6.94. The zero-order valence-corrected chi connectivity index (χ0v) is 20.6. The summed E-state index contributed by atoms with van der Waals surface area (Å²) in [5, 5.41) is 11.2. The molecule has 0 aromatic rings. The molecule has 10 heteroatoms. The van der Waals surface area contributed by atoms with E-state index in [9.17, 15) is 19.6 Å². The van der Waals surface area contributed by atoms with Crippen molar-refractivity contribution in [2.45, 2.75) is 127 Å². The van der Waals surface area contributed by atoms with Gasteiger partial charge in [-0.1, -0.05) is 97.6 Å². The minimum absolute atomic E-state index is 0.309. The van der Waals surface area contributed by atoms with Crippen LogP contribution in [0.25, 0.3) is 0 Å². The summed E-state index contributed by atoms with van der Waals surface area (Å²) < 4.78 is 11.1. The summed E-state index contributed by atoms with van der Waals surface area (Å²) in [7, 11) is 0. The zero-order chi connectivity index (χ0) is 24.9. The minimum atomic E-state index is -1.33. The molecule has 1 heterocycles. The molecule has 0 aromatic carbocycles. The monoisotopic (exact) mass is 482 g/mol. The Morgan fingerprint density at radius 2 is 1.21 bits per heavy atom. The molecule has 1 fully saturated rings. The maximum Gasteiger partial charge on any atom is 0.186 e. The summed E-state index contributed by atoms with van der Waals surface area (Å²) in [6.45, 7) is 2.17. The van der Waals surface area contributed by atoms with Crippen LogP contribution >= 0.6 is 0 Å². The Labute approximate surface area is 202 Å². The molecule has 1 aliphatic rings. The van der Waals surface area contributed by atoms with Crippen LogP contribution in [0.15, 0.2) is 32.9 Å². The molecule has 34 heavy (non-hydrogen) atoms. The van der Waals surface area contributed by atoms with Crippen LogP contribution in [0.1, 0.15) is 96.8 Å². The third-order valence-corrected chi connectivity index (χ3v) is 6.23. The summed E-state index contributed by atoms with van der Waals surface area (Å²) >= 11 is 0. The van der Waals surface area contributed by atoms with Gasteiger partial charge in [0.25, 0.3) is 0 Å². The maximum atomic E-state index is 11.2. The average molecular weight is 483 g/mol. The molecule has 0 saturated carbocycles. The first kappa shape index (κ1) is 30.1. The molecule has 194 valence electrons. The normalized spacial score (nSPS) is 24.8. The first-order valence-electron chi connectivity index (χ1n) is 12.9. The first-order chi connectivity index (χ1) is 16.7. The molecule has 1 aliphatic heterocycles. The summed E-state index contributed by atoms with van der Waals surface area (Å²) in [5.41, 5.74) is 0. The number of unbranched alkanes of at least 4 members (excludes halogenated alkanes) is 12. The molecule has 5 unspecified atom stereocenters. The van der Waals surface area contributed by atoms with E-state index >= 15 is 0 Å². The van der Waals surface area contributed by atoms with E-state index in [4.69, 9.17) is 9.47 Å². The van der Waals surface area contributed by atoms with E-state index in [1.807, 2.05) is 0 Å². The number of hydrogen-bond acceptors (Lipinski definition) is 10. The molecule has 0 aromatic heterocycles. The Balaban J connectivity index is 2.11. The standard InChI is InChI=1S/C24H42N4O6/c1-2-3-4-5-6-7-8-9-10-11-12-13-14-15-16-17-18-33-24-23(28-32)22(27-31)21(26-30)20(34-24)19-25-29/h9-10,20-24H,2-8,11-19H2,1H3/b10-9-. The number of nitroso groups, excluding NO2 is 4. The number of rotatable bonds is 22. The van der Waals surface area contributed by atoms with Gasteiger partial charge >= 0.3 is 0 Å². The molecule has 0 spiro atoms. The van der Waals surface area contributed by atoms with E-state index < -0.39 is 30.5 Å². The maximum absolute atomic E-state index is 11.2. The van der Waals surface area contributed by atoms with E-state index in [0.29, 0.717) is 6.61 Å². The molecule has 0 radical (unpaired) electrons. The van der Waals surface area contributed by atoms with Crippen LogP contribution in [0, 0.1) is 19.6 Å². The van der Waals surface area contributed by atoms with Gasteiger partial charge in [0.05, 0.1) is 0 Å². The third kappa shape index (κ3) is 12.0. The van der Waals surface area contributed by atoms with Gasteiger partial charge in [-0.05, 0) is 32.1 Å². The lowest BCUT2D eigenvalue weighted by molar-refractivity contribution is -0.208. The third-order valence-electron chi connectivity index (χ3n) is 6.23. The van der Waals surface area contributed by atoms with Crippen molar-refractivity contribution in [3.8, 4) is 0 Å². The molecule has 10 nitrogen and oxygen atoms in total. The van der Waals surface area contributed by atoms with Gasteiger partial charge in [0.1, 0.15) is 18.7 Å². The molecule has 1 rings (SSSR count). The smallest absolute Gasteiger partial charge is 0.186 e. The number of allylic oxidation sites excluding steroid dienone is 2. The summed E-state index contributed by atoms with van der Waals surface area (Å²) in [6, 6.07) is -3.90. The van der Waals surface area contributed by atoms with Crippen molar-refractivity contribution in [2.24, 2.45) is 20.7 Å². The van der Waals surface area contributed by atoms with Crippen LogP contribution in [0.5, 0.6) is 0 Å². The lowest BCUT2D eigenvalue weighted by Gasteiger charge is -2.37. The Hall–Kier alpha value is -1.94. The molecular weight excluding hydrogens is 440 g/mol. The second kappa shape index (κ2) is 20.4. The Morgan fingerprint density at radius 3 is 1.74 bits per heavy atom. The van der Waals surface area contributed by atoms with Gasteiger partial charge in [-0.2, -0.15) is 19.6 Å². The minimum Gasteiger partial charge on any atom is -0.350 e. The molecule has 0 aliphatic carbocycles. The van der Waals surface area contributed by atoms with Gasteiger partial charge in [0, 0.05) is 6.61 Å². The summed E-state index contributed by atoms with van der Waals surface area (Å²) in [6.07, 6.45) is 19.1. The van der Waals surface area contributed by atoms with Gasteiger partial charge in [0.2, 0.25) is 0 Å². The molecular formula is C24H42N4O6. The topological polar surface area (TPSA) is 136 Å². The summed E-state index contributed by atoms with van der Waals surface area (Å²) in [5.74, 6) is 0. The highest BCUT2D eigenvalue weighted by atomic mass is 16.7. The quantitative estimate of drug-likeness (QED) is 0.0931. The zero-order valence-electron chi connectivity index (χ0n) is 20.6. The SMILES string of the molecule is CCCCCCCC/C=C\CCCCCCCCOC1OC(CN=O)C(N=O)C(N=O)C1N=O. The van der Waals surface area contributed by atoms with E-state index in [1.165, 1.54) is 57.8 Å². The fourth-order valence-corrected chi connectivity index (χ4v) is 4.19. The lowest BCUT2D eigenvalue weighted by atomic mass is 9.93. The number of nitrogens with zero attached hydrogens (tertiary/aromatic N) is 4. The van der Waals surface area contributed by atoms with Crippen LogP contribution in [-0.2, 0) is 9.47 Å². The largest absolute Gasteiger partial charge is 0.350 e.